The largest absolute Gasteiger partial charge is 0.505 e. The van der Waals surface area contributed by atoms with Crippen molar-refractivity contribution in [2.75, 3.05) is 31.1 Å². The van der Waals surface area contributed by atoms with Crippen LogP contribution < -0.4 is 4.90 Å². The third-order valence-corrected chi connectivity index (χ3v) is 3.93. The lowest BCUT2D eigenvalue weighted by Crippen LogP contribution is -2.34. The molecule has 3 rings (SSSR count). The van der Waals surface area contributed by atoms with Crippen LogP contribution in [-0.4, -0.2) is 48.4 Å². The van der Waals surface area contributed by atoms with Crippen LogP contribution in [0.2, 0.25) is 0 Å². The van der Waals surface area contributed by atoms with Gasteiger partial charge in [-0.3, -0.25) is 4.90 Å². The molecule has 138 valence electrons. The SMILES string of the molecule is O=C1N(C[C@@H]2CO2)CCN1c1cc(C(F)(F)F)cc(C(F)(F)F)c1O. The number of aromatic hydroxyl groups is 1. The minimum atomic E-state index is -5.20. The van der Waals surface area contributed by atoms with Crippen LogP contribution in [0, 0.1) is 0 Å². The topological polar surface area (TPSA) is 56.3 Å². The minimum absolute atomic E-state index is 0.107. The average molecular weight is 370 g/mol. The predicted molar refractivity (Wildman–Crippen MR) is 72.2 cm³/mol. The number of hydrogen-bond donors (Lipinski definition) is 1. The van der Waals surface area contributed by atoms with E-state index in [4.69, 9.17) is 4.74 Å². The van der Waals surface area contributed by atoms with Crippen molar-refractivity contribution in [2.45, 2.75) is 18.5 Å². The van der Waals surface area contributed by atoms with E-state index in [0.717, 1.165) is 0 Å². The van der Waals surface area contributed by atoms with Crippen molar-refractivity contribution in [3.8, 4) is 5.75 Å². The number of phenolic OH excluding ortho intramolecular Hbond substituents is 1. The molecule has 0 aliphatic carbocycles. The first kappa shape index (κ1) is 17.6. The summed E-state index contributed by atoms with van der Waals surface area (Å²) in [6, 6.07) is -0.604. The first-order chi connectivity index (χ1) is 11.5. The summed E-state index contributed by atoms with van der Waals surface area (Å²) in [6.07, 6.45) is -10.4. The van der Waals surface area contributed by atoms with Gasteiger partial charge < -0.3 is 14.7 Å². The molecule has 2 saturated heterocycles. The lowest BCUT2D eigenvalue weighted by atomic mass is 10.1. The summed E-state index contributed by atoms with van der Waals surface area (Å²) in [5, 5.41) is 9.85. The molecule has 1 aromatic carbocycles. The molecule has 2 aliphatic heterocycles. The number of benzene rings is 1. The van der Waals surface area contributed by atoms with Gasteiger partial charge in [0.05, 0.1) is 36.1 Å². The van der Waals surface area contributed by atoms with E-state index in [2.05, 4.69) is 0 Å². The Hall–Kier alpha value is -2.17. The van der Waals surface area contributed by atoms with Crippen LogP contribution in [0.3, 0.4) is 0 Å². The highest BCUT2D eigenvalue weighted by Gasteiger charge is 2.43. The summed E-state index contributed by atoms with van der Waals surface area (Å²) in [5.41, 5.74) is -4.25. The number of epoxide rings is 1. The molecule has 1 aromatic rings. The molecule has 1 atom stereocenters. The molecule has 2 fully saturated rings. The Balaban J connectivity index is 2.01. The number of carbonyl (C=O) groups is 1. The van der Waals surface area contributed by atoms with E-state index in [-0.39, 0.29) is 31.8 Å². The summed E-state index contributed by atoms with van der Waals surface area (Å²) in [4.78, 5) is 14.2. The molecule has 2 aliphatic rings. The first-order valence-corrected chi connectivity index (χ1v) is 7.18. The monoisotopic (exact) mass is 370 g/mol. The van der Waals surface area contributed by atoms with E-state index >= 15 is 0 Å². The van der Waals surface area contributed by atoms with E-state index in [0.29, 0.717) is 17.6 Å². The molecule has 0 saturated carbocycles. The number of urea groups is 1. The van der Waals surface area contributed by atoms with E-state index in [1.165, 1.54) is 4.90 Å². The Morgan fingerprint density at radius 3 is 2.28 bits per heavy atom. The zero-order chi connectivity index (χ0) is 18.6. The number of amides is 2. The normalized spacial score (nSPS) is 21.2. The van der Waals surface area contributed by atoms with Gasteiger partial charge in [0.2, 0.25) is 0 Å². The highest BCUT2D eigenvalue weighted by atomic mass is 19.4. The van der Waals surface area contributed by atoms with Crippen LogP contribution in [0.5, 0.6) is 5.75 Å². The minimum Gasteiger partial charge on any atom is -0.505 e. The number of halogens is 6. The lowest BCUT2D eigenvalue weighted by molar-refractivity contribution is -0.143. The van der Waals surface area contributed by atoms with Gasteiger partial charge in [0.25, 0.3) is 0 Å². The van der Waals surface area contributed by atoms with E-state index in [1.54, 1.807) is 0 Å². The number of anilines is 1. The fourth-order valence-corrected chi connectivity index (χ4v) is 2.60. The maximum absolute atomic E-state index is 13.0. The first-order valence-electron chi connectivity index (χ1n) is 7.18. The van der Waals surface area contributed by atoms with Crippen molar-refractivity contribution in [3.63, 3.8) is 0 Å². The fraction of sp³-hybridized carbons (Fsp3) is 0.500. The molecule has 0 bridgehead atoms. The molecule has 5 nitrogen and oxygen atoms in total. The molecule has 11 heteroatoms. The van der Waals surface area contributed by atoms with E-state index in [1.807, 2.05) is 0 Å². The van der Waals surface area contributed by atoms with Crippen molar-refractivity contribution in [1.29, 1.82) is 0 Å². The third-order valence-electron chi connectivity index (χ3n) is 3.93. The number of carbonyl (C=O) groups excluding carboxylic acids is 1. The third kappa shape index (κ3) is 3.46. The van der Waals surface area contributed by atoms with Crippen molar-refractivity contribution >= 4 is 11.7 Å². The molecule has 1 N–H and O–H groups in total. The van der Waals surface area contributed by atoms with Crippen LogP contribution in [0.4, 0.5) is 36.8 Å². The van der Waals surface area contributed by atoms with Gasteiger partial charge in [0.15, 0.2) is 5.75 Å². The summed E-state index contributed by atoms with van der Waals surface area (Å²) < 4.78 is 82.7. The maximum atomic E-state index is 13.0. The molecule has 25 heavy (non-hydrogen) atoms. The van der Waals surface area contributed by atoms with Crippen molar-refractivity contribution in [2.24, 2.45) is 0 Å². The Labute approximate surface area is 137 Å². The van der Waals surface area contributed by atoms with Crippen LogP contribution in [0.25, 0.3) is 0 Å². The van der Waals surface area contributed by atoms with Gasteiger partial charge in [-0.2, -0.15) is 26.3 Å². The summed E-state index contributed by atoms with van der Waals surface area (Å²) in [7, 11) is 0. The number of nitrogens with zero attached hydrogens (tertiary/aromatic N) is 2. The van der Waals surface area contributed by atoms with Crippen molar-refractivity contribution in [1.82, 2.24) is 4.90 Å². The summed E-state index contributed by atoms with van der Waals surface area (Å²) in [6.45, 7) is 0.603. The molecule has 0 radical (unpaired) electrons. The number of phenols is 1. The molecule has 2 heterocycles. The second-order valence-electron chi connectivity index (χ2n) is 5.72. The van der Waals surface area contributed by atoms with E-state index < -0.39 is 40.9 Å². The zero-order valence-corrected chi connectivity index (χ0v) is 12.5. The number of alkyl halides is 6. The maximum Gasteiger partial charge on any atom is 0.420 e. The summed E-state index contributed by atoms with van der Waals surface area (Å²) in [5.74, 6) is -1.40. The quantitative estimate of drug-likeness (QED) is 0.657. The van der Waals surface area contributed by atoms with E-state index in [9.17, 15) is 36.2 Å². The lowest BCUT2D eigenvalue weighted by Gasteiger charge is -2.22. The van der Waals surface area contributed by atoms with Crippen LogP contribution in [-0.2, 0) is 17.1 Å². The molecular formula is C14H12F6N2O3. The Morgan fingerprint density at radius 2 is 1.76 bits per heavy atom. The van der Waals surface area contributed by atoms with Gasteiger partial charge in [-0.25, -0.2) is 4.79 Å². The Bertz CT molecular complexity index is 699. The van der Waals surface area contributed by atoms with Crippen LogP contribution in [0.1, 0.15) is 11.1 Å². The smallest absolute Gasteiger partial charge is 0.420 e. The van der Waals surface area contributed by atoms with Gasteiger partial charge in [0, 0.05) is 13.1 Å². The van der Waals surface area contributed by atoms with Gasteiger partial charge in [-0.05, 0) is 12.1 Å². The molecular weight excluding hydrogens is 358 g/mol. The zero-order valence-electron chi connectivity index (χ0n) is 12.5. The molecule has 0 aromatic heterocycles. The van der Waals surface area contributed by atoms with Crippen LogP contribution >= 0.6 is 0 Å². The summed E-state index contributed by atoms with van der Waals surface area (Å²) >= 11 is 0. The fourth-order valence-electron chi connectivity index (χ4n) is 2.60. The van der Waals surface area contributed by atoms with Crippen molar-refractivity contribution < 1.29 is 41.0 Å². The highest BCUT2D eigenvalue weighted by Crippen LogP contribution is 2.45. The van der Waals surface area contributed by atoms with Gasteiger partial charge in [-0.15, -0.1) is 0 Å². The molecule has 2 amide bonds. The Morgan fingerprint density at radius 1 is 1.12 bits per heavy atom. The van der Waals surface area contributed by atoms with Gasteiger partial charge in [0.1, 0.15) is 0 Å². The molecule has 0 spiro atoms. The van der Waals surface area contributed by atoms with Crippen molar-refractivity contribution in [3.05, 3.63) is 23.3 Å². The Kier molecular flexibility index (Phi) is 4.01. The number of rotatable bonds is 3. The second kappa shape index (κ2) is 5.68. The predicted octanol–water partition coefficient (Wildman–Crippen LogP) is 3.07. The number of hydrogen-bond acceptors (Lipinski definition) is 3. The highest BCUT2D eigenvalue weighted by molar-refractivity contribution is 5.96. The van der Waals surface area contributed by atoms with Crippen LogP contribution in [0.15, 0.2) is 12.1 Å². The second-order valence-corrected chi connectivity index (χ2v) is 5.72. The average Bonchev–Trinajstić information content (AvgIpc) is 3.22. The van der Waals surface area contributed by atoms with Gasteiger partial charge >= 0.3 is 18.4 Å². The standard InChI is InChI=1S/C14H12F6N2O3/c15-13(16,17)7-3-9(14(18,19)20)11(23)10(4-7)22-2-1-21(12(22)24)5-8-6-25-8/h3-4,8,23H,1-2,5-6H2/t8-/m1/s1. The van der Waals surface area contributed by atoms with Gasteiger partial charge in [-0.1, -0.05) is 0 Å². The number of ether oxygens (including phenoxy) is 1. The molecule has 0 unspecified atom stereocenters.